The Morgan fingerprint density at radius 1 is 0.941 bits per heavy atom. The van der Waals surface area contributed by atoms with Crippen molar-refractivity contribution in [1.82, 2.24) is 0 Å². The van der Waals surface area contributed by atoms with Gasteiger partial charge < -0.3 is 9.11 Å². The molecule has 0 bridgehead atoms. The van der Waals surface area contributed by atoms with Crippen molar-refractivity contribution in [2.75, 3.05) is 13.1 Å². The Morgan fingerprint density at radius 3 is 1.12 bits per heavy atom. The van der Waals surface area contributed by atoms with E-state index in [9.17, 15) is 0 Å². The molecule has 0 radical (unpaired) electrons. The fourth-order valence-corrected chi connectivity index (χ4v) is 0.408. The SMILES string of the molecule is CC[NH+]=C(N)N.CC[NH+]=C(N)N.O=S(=O)([O-])[O-]. The standard InChI is InChI=1S/2C3H9N3.H2O4S/c2*1-2-6-3(4)5;1-5(2,3)4/h2*2H2,1H3,(H4,4,5,6);(H2,1,2,3,4). The fraction of sp³-hybridized carbons (Fsp3) is 0.667. The number of guanidine groups is 2. The molecule has 0 fully saturated rings. The molecule has 0 aromatic carbocycles. The summed E-state index contributed by atoms with van der Waals surface area (Å²) in [5.74, 6) is 0.579. The lowest BCUT2D eigenvalue weighted by atomic mass is 10.8. The second-order valence-corrected chi connectivity index (χ2v) is 3.20. The molecule has 17 heavy (non-hydrogen) atoms. The smallest absolute Gasteiger partial charge is 0.338 e. The Hall–Kier alpha value is -1.59. The van der Waals surface area contributed by atoms with Crippen molar-refractivity contribution >= 4 is 22.3 Å². The highest BCUT2D eigenvalue weighted by atomic mass is 32.3. The van der Waals surface area contributed by atoms with Gasteiger partial charge in [0.15, 0.2) is 0 Å². The molecule has 0 aliphatic heterocycles. The van der Waals surface area contributed by atoms with Crippen LogP contribution in [0.3, 0.4) is 0 Å². The van der Waals surface area contributed by atoms with Crippen LogP contribution >= 0.6 is 0 Å². The van der Waals surface area contributed by atoms with Crippen LogP contribution < -0.4 is 32.9 Å². The Labute approximate surface area is 100 Å². The summed E-state index contributed by atoms with van der Waals surface area (Å²) in [5.41, 5.74) is 19.9. The lowest BCUT2D eigenvalue weighted by Gasteiger charge is -2.06. The molecule has 0 spiro atoms. The minimum absolute atomic E-state index is 0.289. The molecule has 0 saturated heterocycles. The van der Waals surface area contributed by atoms with Crippen molar-refractivity contribution < 1.29 is 27.5 Å². The summed E-state index contributed by atoms with van der Waals surface area (Å²) in [7, 11) is -5.17. The minimum atomic E-state index is -5.17. The molecule has 11 heteroatoms. The Bertz CT molecular complexity index is 291. The second-order valence-electron chi connectivity index (χ2n) is 2.38. The maximum Gasteiger partial charge on any atom is 0.338 e. The fourth-order valence-electron chi connectivity index (χ4n) is 0.408. The van der Waals surface area contributed by atoms with Crippen LogP contribution in [0.4, 0.5) is 0 Å². The Kier molecular flexibility index (Phi) is 15.3. The molecule has 0 unspecified atom stereocenters. The van der Waals surface area contributed by atoms with Gasteiger partial charge in [-0.15, -0.1) is 0 Å². The van der Waals surface area contributed by atoms with Crippen molar-refractivity contribution in [3.63, 3.8) is 0 Å². The van der Waals surface area contributed by atoms with E-state index in [0.717, 1.165) is 13.1 Å². The quantitative estimate of drug-likeness (QED) is 0.123. The van der Waals surface area contributed by atoms with Crippen LogP contribution in [0.15, 0.2) is 0 Å². The third-order valence-electron chi connectivity index (χ3n) is 0.762. The van der Waals surface area contributed by atoms with Crippen LogP contribution in [-0.4, -0.2) is 42.5 Å². The molecule has 0 rings (SSSR count). The van der Waals surface area contributed by atoms with Crippen LogP contribution in [0.2, 0.25) is 0 Å². The number of hydrogen-bond donors (Lipinski definition) is 6. The maximum absolute atomic E-state index is 8.52. The lowest BCUT2D eigenvalue weighted by molar-refractivity contribution is -0.454. The van der Waals surface area contributed by atoms with E-state index in [4.69, 9.17) is 40.5 Å². The monoisotopic (exact) mass is 272 g/mol. The van der Waals surface area contributed by atoms with E-state index in [2.05, 4.69) is 9.98 Å². The molecule has 0 aliphatic carbocycles. The van der Waals surface area contributed by atoms with Gasteiger partial charge in [-0.05, 0) is 13.8 Å². The van der Waals surface area contributed by atoms with Gasteiger partial charge >= 0.3 is 11.9 Å². The van der Waals surface area contributed by atoms with E-state index in [1.54, 1.807) is 0 Å². The van der Waals surface area contributed by atoms with Crippen LogP contribution in [0.25, 0.3) is 0 Å². The lowest BCUT2D eigenvalue weighted by Crippen LogP contribution is -2.77. The van der Waals surface area contributed by atoms with Crippen LogP contribution in [0.5, 0.6) is 0 Å². The van der Waals surface area contributed by atoms with Gasteiger partial charge in [-0.1, -0.05) is 0 Å². The zero-order valence-corrected chi connectivity index (χ0v) is 10.6. The van der Waals surface area contributed by atoms with E-state index >= 15 is 0 Å². The molecule has 10 nitrogen and oxygen atoms in total. The zero-order valence-electron chi connectivity index (χ0n) is 9.76. The summed E-state index contributed by atoms with van der Waals surface area (Å²) < 4.78 is 34.1. The average molecular weight is 272 g/mol. The highest BCUT2D eigenvalue weighted by Gasteiger charge is 1.76. The Morgan fingerprint density at radius 2 is 1.12 bits per heavy atom. The normalized spacial score (nSPS) is 8.71. The first-order chi connectivity index (χ1) is 7.54. The van der Waals surface area contributed by atoms with Crippen molar-refractivity contribution in [2.24, 2.45) is 22.9 Å². The molecular formula is C6H20N6O4S. The molecule has 0 aliphatic rings. The second kappa shape index (κ2) is 12.5. The topological polar surface area (TPSA) is 212 Å². The van der Waals surface area contributed by atoms with Crippen molar-refractivity contribution in [3.05, 3.63) is 0 Å². The Balaban J connectivity index is -0.000000174. The van der Waals surface area contributed by atoms with Gasteiger partial charge in [0.25, 0.3) is 0 Å². The molecule has 0 aromatic heterocycles. The molecule has 104 valence electrons. The van der Waals surface area contributed by atoms with Gasteiger partial charge in [0, 0.05) is 10.4 Å². The molecule has 0 aromatic rings. The summed E-state index contributed by atoms with van der Waals surface area (Å²) in [6, 6.07) is 0. The predicted octanol–water partition coefficient (Wildman–Crippen LogP) is -6.62. The molecule has 10 N–H and O–H groups in total. The van der Waals surface area contributed by atoms with Crippen molar-refractivity contribution in [3.8, 4) is 0 Å². The molecule has 0 saturated carbocycles. The van der Waals surface area contributed by atoms with Gasteiger partial charge in [0.1, 0.15) is 0 Å². The summed E-state index contributed by atoms with van der Waals surface area (Å²) in [6.45, 7) is 5.45. The van der Waals surface area contributed by atoms with E-state index in [0.29, 0.717) is 0 Å². The summed E-state index contributed by atoms with van der Waals surface area (Å²) in [5, 5.41) is 0. The highest BCUT2D eigenvalue weighted by molar-refractivity contribution is 7.79. The van der Waals surface area contributed by atoms with Gasteiger partial charge in [-0.25, -0.2) is 0 Å². The first kappa shape index (κ1) is 20.8. The molecule has 0 amide bonds. The number of nitrogens with two attached hydrogens (primary N) is 4. The van der Waals surface area contributed by atoms with Gasteiger partial charge in [0.2, 0.25) is 0 Å². The minimum Gasteiger partial charge on any atom is -0.759 e. The van der Waals surface area contributed by atoms with Gasteiger partial charge in [0.05, 0.1) is 13.1 Å². The highest BCUT2D eigenvalue weighted by Crippen LogP contribution is 1.57. The number of nitrogens with one attached hydrogen (secondary N) is 2. The van der Waals surface area contributed by atoms with Gasteiger partial charge in [-0.3, -0.25) is 41.3 Å². The molecular weight excluding hydrogens is 252 g/mol. The van der Waals surface area contributed by atoms with E-state index in [1.165, 1.54) is 0 Å². The van der Waals surface area contributed by atoms with E-state index in [-0.39, 0.29) is 11.9 Å². The van der Waals surface area contributed by atoms with Gasteiger partial charge in [-0.2, -0.15) is 0 Å². The first-order valence-electron chi connectivity index (χ1n) is 4.44. The van der Waals surface area contributed by atoms with Crippen LogP contribution in [0.1, 0.15) is 13.8 Å². The molecule has 0 atom stereocenters. The largest absolute Gasteiger partial charge is 0.759 e. The van der Waals surface area contributed by atoms with E-state index in [1.807, 2.05) is 13.8 Å². The van der Waals surface area contributed by atoms with E-state index < -0.39 is 10.4 Å². The maximum atomic E-state index is 8.52. The summed E-state index contributed by atoms with van der Waals surface area (Å²) >= 11 is 0. The van der Waals surface area contributed by atoms with Crippen LogP contribution in [-0.2, 0) is 10.4 Å². The third-order valence-corrected chi connectivity index (χ3v) is 0.762. The first-order valence-corrected chi connectivity index (χ1v) is 5.78. The summed E-state index contributed by atoms with van der Waals surface area (Å²) in [4.78, 5) is 5.36. The van der Waals surface area contributed by atoms with Crippen molar-refractivity contribution in [2.45, 2.75) is 13.8 Å². The third kappa shape index (κ3) is 114. The zero-order chi connectivity index (χ0) is 14.5. The molecule has 0 heterocycles. The number of hydrogen-bond acceptors (Lipinski definition) is 4. The van der Waals surface area contributed by atoms with Crippen molar-refractivity contribution in [1.29, 1.82) is 0 Å². The average Bonchev–Trinajstić information content (AvgIpc) is 2.00. The predicted molar refractivity (Wildman–Crippen MR) is 60.2 cm³/mol. The summed E-state index contributed by atoms with van der Waals surface area (Å²) in [6.07, 6.45) is 0. The van der Waals surface area contributed by atoms with Crippen LogP contribution in [0, 0.1) is 0 Å². The number of rotatable bonds is 2.